The Morgan fingerprint density at radius 2 is 1.92 bits per heavy atom. The molecule has 0 heterocycles. The van der Waals surface area contributed by atoms with Gasteiger partial charge < -0.3 is 4.74 Å². The lowest BCUT2D eigenvalue weighted by Gasteiger charge is -2.08. The van der Waals surface area contributed by atoms with Gasteiger partial charge in [0.1, 0.15) is 5.75 Å². The average molecular weight is 176 g/mol. The first-order chi connectivity index (χ1) is 6.15. The molecule has 0 aliphatic heterocycles. The molecule has 0 N–H and O–H groups in total. The molecule has 1 atom stereocenters. The third kappa shape index (κ3) is 1.43. The van der Waals surface area contributed by atoms with Crippen LogP contribution >= 0.6 is 0 Å². The summed E-state index contributed by atoms with van der Waals surface area (Å²) in [5.41, 5.74) is 1.85. The van der Waals surface area contributed by atoms with E-state index in [2.05, 4.69) is 26.0 Å². The summed E-state index contributed by atoms with van der Waals surface area (Å²) in [7, 11) is 1.74. The second-order valence-corrected chi connectivity index (χ2v) is 4.49. The molecule has 0 aromatic heterocycles. The molecule has 0 saturated heterocycles. The van der Waals surface area contributed by atoms with Gasteiger partial charge in [-0.3, -0.25) is 0 Å². The first-order valence-corrected chi connectivity index (χ1v) is 4.78. The van der Waals surface area contributed by atoms with E-state index in [1.807, 2.05) is 12.1 Å². The Hall–Kier alpha value is -0.980. The van der Waals surface area contributed by atoms with Gasteiger partial charge in [0.05, 0.1) is 7.11 Å². The molecule has 0 bridgehead atoms. The molecule has 1 aliphatic rings. The molecule has 1 aromatic carbocycles. The Bertz CT molecular complexity index is 315. The van der Waals surface area contributed by atoms with Crippen molar-refractivity contribution in [3.8, 4) is 5.75 Å². The van der Waals surface area contributed by atoms with E-state index in [0.29, 0.717) is 11.3 Å². The minimum Gasteiger partial charge on any atom is -0.496 e. The van der Waals surface area contributed by atoms with Crippen molar-refractivity contribution in [2.45, 2.75) is 26.2 Å². The molecule has 0 radical (unpaired) electrons. The summed E-state index contributed by atoms with van der Waals surface area (Å²) in [5, 5.41) is 0. The second-order valence-electron chi connectivity index (χ2n) is 4.49. The molecule has 0 spiro atoms. The first-order valence-electron chi connectivity index (χ1n) is 4.78. The predicted octanol–water partition coefficient (Wildman–Crippen LogP) is 3.21. The molecule has 1 fully saturated rings. The van der Waals surface area contributed by atoms with Gasteiger partial charge in [0, 0.05) is 0 Å². The lowest BCUT2D eigenvalue weighted by molar-refractivity contribution is 0.407. The summed E-state index contributed by atoms with van der Waals surface area (Å²) in [5.74, 6) is 1.74. The van der Waals surface area contributed by atoms with Crippen LogP contribution in [0.4, 0.5) is 0 Å². The highest BCUT2D eigenvalue weighted by Gasteiger charge is 2.47. The maximum absolute atomic E-state index is 5.34. The second kappa shape index (κ2) is 2.76. The van der Waals surface area contributed by atoms with E-state index < -0.39 is 0 Å². The van der Waals surface area contributed by atoms with Crippen LogP contribution < -0.4 is 4.74 Å². The van der Waals surface area contributed by atoms with Crippen LogP contribution in [0.3, 0.4) is 0 Å². The molecular formula is C12H16O. The molecule has 1 aliphatic carbocycles. The van der Waals surface area contributed by atoms with E-state index in [1.165, 1.54) is 12.0 Å². The van der Waals surface area contributed by atoms with Crippen LogP contribution in [-0.4, -0.2) is 7.11 Å². The van der Waals surface area contributed by atoms with Crippen molar-refractivity contribution in [1.82, 2.24) is 0 Å². The Balaban J connectivity index is 2.31. The summed E-state index contributed by atoms with van der Waals surface area (Å²) in [4.78, 5) is 0. The number of hydrogen-bond acceptors (Lipinski definition) is 1. The summed E-state index contributed by atoms with van der Waals surface area (Å²) in [6.07, 6.45) is 1.29. The largest absolute Gasteiger partial charge is 0.496 e. The maximum atomic E-state index is 5.34. The number of benzene rings is 1. The Kier molecular flexibility index (Phi) is 1.83. The van der Waals surface area contributed by atoms with Crippen molar-refractivity contribution in [2.24, 2.45) is 5.41 Å². The highest BCUT2D eigenvalue weighted by molar-refractivity contribution is 5.40. The van der Waals surface area contributed by atoms with E-state index in [9.17, 15) is 0 Å². The van der Waals surface area contributed by atoms with Crippen molar-refractivity contribution in [1.29, 1.82) is 0 Å². The quantitative estimate of drug-likeness (QED) is 0.672. The molecule has 13 heavy (non-hydrogen) atoms. The van der Waals surface area contributed by atoms with Crippen LogP contribution in [0.25, 0.3) is 0 Å². The van der Waals surface area contributed by atoms with E-state index in [1.54, 1.807) is 7.11 Å². The highest BCUT2D eigenvalue weighted by Crippen LogP contribution is 2.60. The molecular weight excluding hydrogens is 160 g/mol. The van der Waals surface area contributed by atoms with Gasteiger partial charge in [-0.2, -0.15) is 0 Å². The zero-order valence-electron chi connectivity index (χ0n) is 8.50. The van der Waals surface area contributed by atoms with Gasteiger partial charge in [-0.15, -0.1) is 0 Å². The summed E-state index contributed by atoms with van der Waals surface area (Å²) in [6, 6.07) is 8.34. The van der Waals surface area contributed by atoms with E-state index in [-0.39, 0.29) is 0 Å². The van der Waals surface area contributed by atoms with Crippen LogP contribution in [-0.2, 0) is 0 Å². The van der Waals surface area contributed by atoms with Crippen LogP contribution in [0.1, 0.15) is 31.7 Å². The fraction of sp³-hybridized carbons (Fsp3) is 0.500. The smallest absolute Gasteiger partial charge is 0.122 e. The zero-order valence-corrected chi connectivity index (χ0v) is 8.50. The number of para-hydroxylation sites is 1. The third-order valence-electron chi connectivity index (χ3n) is 3.03. The van der Waals surface area contributed by atoms with Crippen molar-refractivity contribution in [3.05, 3.63) is 29.8 Å². The number of rotatable bonds is 2. The Morgan fingerprint density at radius 1 is 1.31 bits per heavy atom. The van der Waals surface area contributed by atoms with Crippen molar-refractivity contribution in [2.75, 3.05) is 7.11 Å². The molecule has 1 nitrogen and oxygen atoms in total. The zero-order chi connectivity index (χ0) is 9.47. The van der Waals surface area contributed by atoms with E-state index in [0.717, 1.165) is 5.75 Å². The molecule has 70 valence electrons. The van der Waals surface area contributed by atoms with Gasteiger partial charge in [0.2, 0.25) is 0 Å². The Labute approximate surface area is 79.7 Å². The van der Waals surface area contributed by atoms with Crippen LogP contribution in [0.15, 0.2) is 24.3 Å². The van der Waals surface area contributed by atoms with E-state index in [4.69, 9.17) is 4.74 Å². The minimum atomic E-state index is 0.481. The summed E-state index contributed by atoms with van der Waals surface area (Å²) in [6.45, 7) is 4.62. The molecule has 1 aromatic rings. The first kappa shape index (κ1) is 8.61. The molecule has 1 saturated carbocycles. The van der Waals surface area contributed by atoms with Gasteiger partial charge in [0.25, 0.3) is 0 Å². The number of methoxy groups -OCH3 is 1. The molecule has 1 heteroatoms. The molecule has 0 unspecified atom stereocenters. The van der Waals surface area contributed by atoms with Crippen molar-refractivity contribution >= 4 is 0 Å². The monoisotopic (exact) mass is 176 g/mol. The van der Waals surface area contributed by atoms with Crippen molar-refractivity contribution < 1.29 is 4.74 Å². The summed E-state index contributed by atoms with van der Waals surface area (Å²) >= 11 is 0. The normalized spacial score (nSPS) is 24.1. The Morgan fingerprint density at radius 3 is 2.46 bits per heavy atom. The average Bonchev–Trinajstić information content (AvgIpc) is 2.75. The minimum absolute atomic E-state index is 0.481. The lowest BCUT2D eigenvalue weighted by atomic mass is 10.0. The van der Waals surface area contributed by atoms with Gasteiger partial charge in [-0.05, 0) is 29.4 Å². The standard InChI is InChI=1S/C12H16O/c1-12(2)8-10(12)9-6-4-5-7-11(9)13-3/h4-7,10H,8H2,1-3H3/t10-/m1/s1. The van der Waals surface area contributed by atoms with Gasteiger partial charge in [0.15, 0.2) is 0 Å². The number of hydrogen-bond donors (Lipinski definition) is 0. The van der Waals surface area contributed by atoms with E-state index >= 15 is 0 Å². The molecule has 0 amide bonds. The van der Waals surface area contributed by atoms with Gasteiger partial charge in [-0.1, -0.05) is 32.0 Å². The highest BCUT2D eigenvalue weighted by atomic mass is 16.5. The summed E-state index contributed by atoms with van der Waals surface area (Å²) < 4.78 is 5.34. The van der Waals surface area contributed by atoms with Crippen LogP contribution in [0.2, 0.25) is 0 Å². The fourth-order valence-corrected chi connectivity index (χ4v) is 1.95. The SMILES string of the molecule is COc1ccccc1[C@H]1CC1(C)C. The number of ether oxygens (including phenoxy) is 1. The molecule has 2 rings (SSSR count). The third-order valence-corrected chi connectivity index (χ3v) is 3.03. The predicted molar refractivity (Wildman–Crippen MR) is 54.1 cm³/mol. The maximum Gasteiger partial charge on any atom is 0.122 e. The van der Waals surface area contributed by atoms with Crippen LogP contribution in [0.5, 0.6) is 5.75 Å². The lowest BCUT2D eigenvalue weighted by Crippen LogP contribution is -1.93. The topological polar surface area (TPSA) is 9.23 Å². The van der Waals surface area contributed by atoms with Gasteiger partial charge in [-0.25, -0.2) is 0 Å². The van der Waals surface area contributed by atoms with Gasteiger partial charge >= 0.3 is 0 Å². The van der Waals surface area contributed by atoms with Crippen LogP contribution in [0, 0.1) is 5.41 Å². The fourth-order valence-electron chi connectivity index (χ4n) is 1.95. The van der Waals surface area contributed by atoms with Crippen molar-refractivity contribution in [3.63, 3.8) is 0 Å².